The van der Waals surface area contributed by atoms with Gasteiger partial charge < -0.3 is 9.47 Å². The second-order valence-electron chi connectivity index (χ2n) is 12.6. The Morgan fingerprint density at radius 2 is 1.10 bits per heavy atom. The molecule has 0 spiro atoms. The Hall–Kier alpha value is -6.16. The van der Waals surface area contributed by atoms with Gasteiger partial charge >= 0.3 is 0 Å². The summed E-state index contributed by atoms with van der Waals surface area (Å²) >= 11 is 1.90. The van der Waals surface area contributed by atoms with Crippen LogP contribution in [0.15, 0.2) is 182 Å². The molecule has 2 heterocycles. The standard InChI is InChI=1S/C46H30N2S/c1-2-13-35(14-3-1)47(36-25-23-32(24-26-36)34-22-21-31-11-4-5-12-33(31)29-34)37-15-10-16-38(30-37)48-42-19-8-6-18-41(42)45-43(48)28-27-40-39-17-7-9-20-44(39)49-46(40)45/h1-30H. The van der Waals surface area contributed by atoms with Gasteiger partial charge in [0.1, 0.15) is 0 Å². The molecule has 0 aliphatic rings. The van der Waals surface area contributed by atoms with Crippen molar-refractivity contribution >= 4 is 81.1 Å². The van der Waals surface area contributed by atoms with Crippen molar-refractivity contribution in [3.63, 3.8) is 0 Å². The second-order valence-corrected chi connectivity index (χ2v) is 13.6. The van der Waals surface area contributed by atoms with Gasteiger partial charge in [-0.25, -0.2) is 0 Å². The van der Waals surface area contributed by atoms with Crippen LogP contribution in [0.3, 0.4) is 0 Å². The number of anilines is 3. The summed E-state index contributed by atoms with van der Waals surface area (Å²) in [6, 6.07) is 66.0. The van der Waals surface area contributed by atoms with Gasteiger partial charge in [0, 0.05) is 53.7 Å². The van der Waals surface area contributed by atoms with Crippen LogP contribution < -0.4 is 4.90 Å². The van der Waals surface area contributed by atoms with Crippen molar-refractivity contribution in [2.24, 2.45) is 0 Å². The molecule has 0 unspecified atom stereocenters. The third kappa shape index (κ3) is 4.55. The number of hydrogen-bond donors (Lipinski definition) is 0. The van der Waals surface area contributed by atoms with Crippen LogP contribution in [0, 0.1) is 0 Å². The lowest BCUT2D eigenvalue weighted by atomic mass is 10.0. The fourth-order valence-electron chi connectivity index (χ4n) is 7.48. The van der Waals surface area contributed by atoms with Crippen LogP contribution in [-0.4, -0.2) is 4.57 Å². The normalized spacial score (nSPS) is 11.7. The van der Waals surface area contributed by atoms with Crippen LogP contribution >= 0.6 is 11.3 Å². The van der Waals surface area contributed by atoms with Crippen molar-refractivity contribution < 1.29 is 0 Å². The molecule has 0 aliphatic heterocycles. The van der Waals surface area contributed by atoms with Gasteiger partial charge in [-0.3, -0.25) is 0 Å². The van der Waals surface area contributed by atoms with E-state index in [0.29, 0.717) is 0 Å². The van der Waals surface area contributed by atoms with E-state index < -0.39 is 0 Å². The van der Waals surface area contributed by atoms with E-state index in [1.807, 2.05) is 11.3 Å². The molecule has 8 aromatic carbocycles. The second kappa shape index (κ2) is 11.2. The van der Waals surface area contributed by atoms with Gasteiger partial charge in [-0.05, 0) is 88.6 Å². The zero-order chi connectivity index (χ0) is 32.3. The fourth-order valence-corrected chi connectivity index (χ4v) is 8.74. The molecule has 0 aliphatic carbocycles. The predicted octanol–water partition coefficient (Wildman–Crippen LogP) is 13.4. The van der Waals surface area contributed by atoms with Crippen LogP contribution in [0.4, 0.5) is 17.1 Å². The zero-order valence-electron chi connectivity index (χ0n) is 26.6. The molecule has 10 aromatic rings. The molecule has 0 bridgehead atoms. The predicted molar refractivity (Wildman–Crippen MR) is 211 cm³/mol. The van der Waals surface area contributed by atoms with E-state index >= 15 is 0 Å². The Morgan fingerprint density at radius 1 is 0.408 bits per heavy atom. The summed E-state index contributed by atoms with van der Waals surface area (Å²) in [7, 11) is 0. The minimum atomic E-state index is 1.11. The highest BCUT2D eigenvalue weighted by molar-refractivity contribution is 7.26. The number of thiophene rings is 1. The number of aromatic nitrogens is 1. The van der Waals surface area contributed by atoms with Crippen LogP contribution in [0.25, 0.3) is 69.6 Å². The summed E-state index contributed by atoms with van der Waals surface area (Å²) in [4.78, 5) is 2.35. The van der Waals surface area contributed by atoms with Gasteiger partial charge in [0.05, 0.1) is 11.0 Å². The van der Waals surface area contributed by atoms with Gasteiger partial charge in [-0.1, -0.05) is 115 Å². The van der Waals surface area contributed by atoms with Gasteiger partial charge in [-0.15, -0.1) is 11.3 Å². The van der Waals surface area contributed by atoms with Gasteiger partial charge in [0.15, 0.2) is 0 Å². The van der Waals surface area contributed by atoms with Gasteiger partial charge in [-0.2, -0.15) is 0 Å². The lowest BCUT2D eigenvalue weighted by Crippen LogP contribution is -2.10. The molecule has 2 aromatic heterocycles. The molecule has 230 valence electrons. The monoisotopic (exact) mass is 642 g/mol. The number of benzene rings is 8. The topological polar surface area (TPSA) is 8.17 Å². The molecule has 0 radical (unpaired) electrons. The van der Waals surface area contributed by atoms with Crippen molar-refractivity contribution in [3.05, 3.63) is 182 Å². The summed E-state index contributed by atoms with van der Waals surface area (Å²) in [5, 5.41) is 7.77. The molecule has 0 atom stereocenters. The Balaban J connectivity index is 1.12. The molecule has 0 saturated carbocycles. The highest BCUT2D eigenvalue weighted by atomic mass is 32.1. The van der Waals surface area contributed by atoms with E-state index in [-0.39, 0.29) is 0 Å². The Morgan fingerprint density at radius 3 is 1.98 bits per heavy atom. The van der Waals surface area contributed by atoms with E-state index in [9.17, 15) is 0 Å². The largest absolute Gasteiger partial charge is 0.310 e. The van der Waals surface area contributed by atoms with Crippen LogP contribution in [0.2, 0.25) is 0 Å². The van der Waals surface area contributed by atoms with E-state index in [2.05, 4.69) is 191 Å². The Kier molecular flexibility index (Phi) is 6.39. The maximum Gasteiger partial charge on any atom is 0.0555 e. The lowest BCUT2D eigenvalue weighted by molar-refractivity contribution is 1.17. The van der Waals surface area contributed by atoms with Gasteiger partial charge in [0.25, 0.3) is 0 Å². The number of hydrogen-bond acceptors (Lipinski definition) is 2. The number of nitrogens with zero attached hydrogens (tertiary/aromatic N) is 2. The number of fused-ring (bicyclic) bond motifs is 8. The molecule has 10 rings (SSSR count). The first kappa shape index (κ1) is 27.9. The number of para-hydroxylation sites is 2. The Labute approximate surface area is 288 Å². The average molecular weight is 643 g/mol. The first-order chi connectivity index (χ1) is 24.3. The third-order valence-electron chi connectivity index (χ3n) is 9.75. The summed E-state index contributed by atoms with van der Waals surface area (Å²) in [6.07, 6.45) is 0. The first-order valence-electron chi connectivity index (χ1n) is 16.7. The molecule has 3 heteroatoms. The van der Waals surface area contributed by atoms with Crippen molar-refractivity contribution in [3.8, 4) is 16.8 Å². The maximum atomic E-state index is 2.43. The smallest absolute Gasteiger partial charge is 0.0555 e. The summed E-state index contributed by atoms with van der Waals surface area (Å²) in [6.45, 7) is 0. The maximum absolute atomic E-state index is 2.43. The molecular formula is C46H30N2S. The average Bonchev–Trinajstić information content (AvgIpc) is 3.72. The summed E-state index contributed by atoms with van der Waals surface area (Å²) < 4.78 is 5.11. The van der Waals surface area contributed by atoms with Crippen molar-refractivity contribution in [1.29, 1.82) is 0 Å². The molecule has 2 nitrogen and oxygen atoms in total. The van der Waals surface area contributed by atoms with Crippen LogP contribution in [0.1, 0.15) is 0 Å². The SMILES string of the molecule is c1ccc(N(c2ccc(-c3ccc4ccccc4c3)cc2)c2cccc(-n3c4ccccc4c4c5sc6ccccc6c5ccc43)c2)cc1. The molecule has 0 saturated heterocycles. The third-order valence-corrected chi connectivity index (χ3v) is 11.0. The van der Waals surface area contributed by atoms with Gasteiger partial charge in [0.2, 0.25) is 0 Å². The molecular weight excluding hydrogens is 613 g/mol. The van der Waals surface area contributed by atoms with Crippen molar-refractivity contribution in [1.82, 2.24) is 4.57 Å². The summed E-state index contributed by atoms with van der Waals surface area (Å²) in [5.74, 6) is 0. The molecule has 49 heavy (non-hydrogen) atoms. The Bertz CT molecular complexity index is 2830. The first-order valence-corrected chi connectivity index (χ1v) is 17.5. The highest BCUT2D eigenvalue weighted by Crippen LogP contribution is 2.44. The minimum absolute atomic E-state index is 1.11. The molecule has 0 amide bonds. The van der Waals surface area contributed by atoms with Crippen LogP contribution in [-0.2, 0) is 0 Å². The minimum Gasteiger partial charge on any atom is -0.310 e. The molecule has 0 N–H and O–H groups in total. The van der Waals surface area contributed by atoms with E-state index in [1.54, 1.807) is 0 Å². The highest BCUT2D eigenvalue weighted by Gasteiger charge is 2.19. The van der Waals surface area contributed by atoms with Crippen LogP contribution in [0.5, 0.6) is 0 Å². The zero-order valence-corrected chi connectivity index (χ0v) is 27.4. The lowest BCUT2D eigenvalue weighted by Gasteiger charge is -2.26. The quantitative estimate of drug-likeness (QED) is 0.181. The van der Waals surface area contributed by atoms with E-state index in [1.165, 1.54) is 63.9 Å². The van der Waals surface area contributed by atoms with Crippen molar-refractivity contribution in [2.45, 2.75) is 0 Å². The summed E-state index contributed by atoms with van der Waals surface area (Å²) in [5.41, 5.74) is 9.34. The van der Waals surface area contributed by atoms with E-state index in [4.69, 9.17) is 0 Å². The fraction of sp³-hybridized carbons (Fsp3) is 0. The van der Waals surface area contributed by atoms with Crippen molar-refractivity contribution in [2.75, 3.05) is 4.90 Å². The van der Waals surface area contributed by atoms with E-state index in [0.717, 1.165) is 22.7 Å². The molecule has 0 fully saturated rings. The number of rotatable bonds is 5.